The van der Waals surface area contributed by atoms with E-state index in [-0.39, 0.29) is 11.5 Å². The number of nitrogens with zero attached hydrogens (tertiary/aromatic N) is 5. The van der Waals surface area contributed by atoms with E-state index < -0.39 is 5.97 Å². The molecule has 9 heteroatoms. The van der Waals surface area contributed by atoms with Gasteiger partial charge >= 0.3 is 5.97 Å². The molecule has 0 radical (unpaired) electrons. The quantitative estimate of drug-likeness (QED) is 0.355. The van der Waals surface area contributed by atoms with Gasteiger partial charge in [0.05, 0.1) is 13.1 Å². The highest BCUT2D eigenvalue weighted by molar-refractivity contribution is 5.73. The average Bonchev–Trinajstić information content (AvgIpc) is 3.65. The van der Waals surface area contributed by atoms with E-state index >= 15 is 0 Å². The molecule has 1 spiro atoms. The van der Waals surface area contributed by atoms with Gasteiger partial charge in [-0.3, -0.25) is 19.5 Å². The Morgan fingerprint density at radius 2 is 1.66 bits per heavy atom. The van der Waals surface area contributed by atoms with E-state index in [9.17, 15) is 9.90 Å². The summed E-state index contributed by atoms with van der Waals surface area (Å²) in [6.07, 6.45) is 10.2. The number of aromatic amines is 2. The topological polar surface area (TPSA) is 104 Å². The van der Waals surface area contributed by atoms with Crippen molar-refractivity contribution < 1.29 is 9.90 Å². The van der Waals surface area contributed by atoms with Gasteiger partial charge < -0.3 is 15.1 Å². The Labute approximate surface area is 225 Å². The third-order valence-electron chi connectivity index (χ3n) is 8.09. The molecule has 2 fully saturated rings. The van der Waals surface area contributed by atoms with Crippen molar-refractivity contribution in [3.63, 3.8) is 0 Å². The van der Waals surface area contributed by atoms with Crippen molar-refractivity contribution in [2.75, 3.05) is 26.2 Å². The second-order valence-electron chi connectivity index (χ2n) is 11.7. The smallest absolute Gasteiger partial charge is 0.320 e. The zero-order valence-corrected chi connectivity index (χ0v) is 22.6. The lowest BCUT2D eigenvalue weighted by Gasteiger charge is -2.44. The average molecular weight is 520 g/mol. The van der Waals surface area contributed by atoms with Crippen molar-refractivity contribution >= 4 is 5.97 Å². The first-order chi connectivity index (χ1) is 18.4. The lowest BCUT2D eigenvalue weighted by molar-refractivity contribution is -0.147. The minimum absolute atomic E-state index is 0.134. The number of piperidine rings is 1. The third kappa shape index (κ3) is 6.70. The Morgan fingerprint density at radius 1 is 1.03 bits per heavy atom. The summed E-state index contributed by atoms with van der Waals surface area (Å²) in [5.74, 6) is 1.70. The Balaban J connectivity index is 1.17. The standard InChI is InChI=1S/C29H41N7O2/c1-22(2)16-36-14-8-29(15-25(36)28(37)38)7-13-34(21-29)17-23-3-5-24(6-4-23)18-35(19-26-30-9-10-31-26)20-27-32-11-12-33-27/h3-6,9-12,22,25H,7-8,13-21H2,1-2H3,(H,30,31)(H,32,33)(H,37,38). The minimum atomic E-state index is -0.660. The maximum absolute atomic E-state index is 12.1. The third-order valence-corrected chi connectivity index (χ3v) is 8.09. The van der Waals surface area contributed by atoms with E-state index in [1.807, 2.05) is 12.4 Å². The van der Waals surface area contributed by atoms with E-state index in [1.165, 1.54) is 11.1 Å². The molecule has 0 aliphatic carbocycles. The van der Waals surface area contributed by atoms with Gasteiger partial charge in [-0.05, 0) is 54.8 Å². The summed E-state index contributed by atoms with van der Waals surface area (Å²) < 4.78 is 0. The molecule has 5 rings (SSSR count). The molecule has 2 aliphatic heterocycles. The van der Waals surface area contributed by atoms with Crippen molar-refractivity contribution in [3.05, 3.63) is 71.8 Å². The van der Waals surface area contributed by atoms with Crippen LogP contribution in [-0.2, 0) is 31.0 Å². The Hall–Kier alpha value is -3.01. The van der Waals surface area contributed by atoms with Crippen LogP contribution in [-0.4, -0.2) is 77.9 Å². The molecule has 2 saturated heterocycles. The number of carboxylic acids is 1. The number of imidazole rings is 2. The van der Waals surface area contributed by atoms with Crippen LogP contribution in [0.25, 0.3) is 0 Å². The maximum atomic E-state index is 12.1. The Kier molecular flexibility index (Phi) is 8.26. The number of nitrogens with one attached hydrogen (secondary N) is 2. The van der Waals surface area contributed by atoms with Gasteiger partial charge in [0.25, 0.3) is 0 Å². The van der Waals surface area contributed by atoms with Crippen LogP contribution in [0.2, 0.25) is 0 Å². The number of aromatic nitrogens is 4. The predicted molar refractivity (Wildman–Crippen MR) is 146 cm³/mol. The fraction of sp³-hybridized carbons (Fsp3) is 0.552. The van der Waals surface area contributed by atoms with E-state index in [4.69, 9.17) is 0 Å². The molecular formula is C29H41N7O2. The summed E-state index contributed by atoms with van der Waals surface area (Å²) in [4.78, 5) is 34.3. The number of hydrogen-bond acceptors (Lipinski definition) is 6. The number of aliphatic carboxylic acids is 1. The summed E-state index contributed by atoms with van der Waals surface area (Å²) in [5, 5.41) is 9.93. The highest BCUT2D eigenvalue weighted by Gasteiger charge is 2.46. The minimum Gasteiger partial charge on any atom is -0.480 e. The molecule has 9 nitrogen and oxygen atoms in total. The SMILES string of the molecule is CC(C)CN1CCC2(CCN(Cc3ccc(CN(Cc4ncc[nH]4)Cc4ncc[nH]4)cc3)C2)CC1C(=O)O. The van der Waals surface area contributed by atoms with Crippen molar-refractivity contribution in [1.82, 2.24) is 34.6 Å². The molecule has 0 saturated carbocycles. The van der Waals surface area contributed by atoms with Gasteiger partial charge in [-0.1, -0.05) is 38.1 Å². The summed E-state index contributed by atoms with van der Waals surface area (Å²) >= 11 is 0. The number of rotatable bonds is 11. The van der Waals surface area contributed by atoms with Crippen molar-refractivity contribution in [1.29, 1.82) is 0 Å². The molecule has 0 bridgehead atoms. The van der Waals surface area contributed by atoms with Crippen LogP contribution in [0.4, 0.5) is 0 Å². The second kappa shape index (κ2) is 11.8. The molecular weight excluding hydrogens is 478 g/mol. The normalized spacial score (nSPS) is 22.7. The van der Waals surface area contributed by atoms with Crippen LogP contribution in [0.15, 0.2) is 49.1 Å². The summed E-state index contributed by atoms with van der Waals surface area (Å²) in [7, 11) is 0. The van der Waals surface area contributed by atoms with E-state index in [2.05, 4.69) is 72.7 Å². The van der Waals surface area contributed by atoms with Gasteiger partial charge in [0.15, 0.2) is 0 Å². The Bertz CT molecular complexity index is 1110. The summed E-state index contributed by atoms with van der Waals surface area (Å²) in [5.41, 5.74) is 2.70. The molecule has 2 atom stereocenters. The van der Waals surface area contributed by atoms with Crippen LogP contribution in [0.5, 0.6) is 0 Å². The number of hydrogen-bond donors (Lipinski definition) is 3. The molecule has 0 amide bonds. The molecule has 3 N–H and O–H groups in total. The van der Waals surface area contributed by atoms with Crippen LogP contribution >= 0.6 is 0 Å². The highest BCUT2D eigenvalue weighted by Crippen LogP contribution is 2.43. The van der Waals surface area contributed by atoms with E-state index in [1.54, 1.807) is 12.4 Å². The lowest BCUT2D eigenvalue weighted by atomic mass is 9.74. The number of carbonyl (C=O) groups is 1. The van der Waals surface area contributed by atoms with Gasteiger partial charge in [0.1, 0.15) is 17.7 Å². The predicted octanol–water partition coefficient (Wildman–Crippen LogP) is 3.73. The van der Waals surface area contributed by atoms with Gasteiger partial charge in [0.2, 0.25) is 0 Å². The largest absolute Gasteiger partial charge is 0.480 e. The summed E-state index contributed by atoms with van der Waals surface area (Å²) in [6.45, 7) is 11.3. The van der Waals surface area contributed by atoms with Crippen LogP contribution < -0.4 is 0 Å². The first-order valence-corrected chi connectivity index (χ1v) is 13.8. The fourth-order valence-electron chi connectivity index (χ4n) is 6.27. The van der Waals surface area contributed by atoms with E-state index in [0.29, 0.717) is 5.92 Å². The van der Waals surface area contributed by atoms with Crippen LogP contribution in [0, 0.1) is 11.3 Å². The maximum Gasteiger partial charge on any atom is 0.320 e. The van der Waals surface area contributed by atoms with Crippen LogP contribution in [0.1, 0.15) is 55.9 Å². The fourth-order valence-corrected chi connectivity index (χ4v) is 6.27. The van der Waals surface area contributed by atoms with Crippen LogP contribution in [0.3, 0.4) is 0 Å². The van der Waals surface area contributed by atoms with Gasteiger partial charge in [0, 0.05) is 51.0 Å². The van der Waals surface area contributed by atoms with Gasteiger partial charge in [-0.25, -0.2) is 9.97 Å². The molecule has 204 valence electrons. The Morgan fingerprint density at radius 3 is 2.24 bits per heavy atom. The second-order valence-corrected chi connectivity index (χ2v) is 11.7. The van der Waals surface area contributed by atoms with Crippen molar-refractivity contribution in [2.24, 2.45) is 11.3 Å². The lowest BCUT2D eigenvalue weighted by Crippen LogP contribution is -2.52. The number of benzene rings is 1. The summed E-state index contributed by atoms with van der Waals surface area (Å²) in [6, 6.07) is 8.58. The molecule has 4 heterocycles. The molecule has 3 aromatic rings. The zero-order valence-electron chi connectivity index (χ0n) is 22.6. The molecule has 2 unspecified atom stereocenters. The number of likely N-dealkylation sites (tertiary alicyclic amines) is 2. The molecule has 1 aromatic carbocycles. The van der Waals surface area contributed by atoms with Gasteiger partial charge in [-0.15, -0.1) is 0 Å². The van der Waals surface area contributed by atoms with Crippen molar-refractivity contribution in [3.8, 4) is 0 Å². The number of H-pyrrole nitrogens is 2. The van der Waals surface area contributed by atoms with Gasteiger partial charge in [-0.2, -0.15) is 0 Å². The van der Waals surface area contributed by atoms with Crippen molar-refractivity contribution in [2.45, 2.75) is 65.3 Å². The monoisotopic (exact) mass is 519 g/mol. The molecule has 38 heavy (non-hydrogen) atoms. The first kappa shape index (κ1) is 26.6. The highest BCUT2D eigenvalue weighted by atomic mass is 16.4. The zero-order chi connectivity index (χ0) is 26.5. The molecule has 2 aliphatic rings. The molecule has 2 aromatic heterocycles. The number of carboxylic acid groups (broad SMARTS) is 1. The van der Waals surface area contributed by atoms with E-state index in [0.717, 1.165) is 83.3 Å². The first-order valence-electron chi connectivity index (χ1n) is 13.8.